The average Bonchev–Trinajstić information content (AvgIpc) is 2.89. The first kappa shape index (κ1) is 12.8. The third kappa shape index (κ3) is 1.92. The topological polar surface area (TPSA) is 48.0 Å². The SMILES string of the molecule is CCc1ccc(-n2nc3oc4ccccc4cc-3c2=O)cc1. The predicted molar refractivity (Wildman–Crippen MR) is 85.6 cm³/mol. The molecule has 108 valence electrons. The molecule has 0 saturated carbocycles. The van der Waals surface area contributed by atoms with Crippen LogP contribution in [0.2, 0.25) is 0 Å². The maximum Gasteiger partial charge on any atom is 0.284 e. The molecule has 4 nitrogen and oxygen atoms in total. The van der Waals surface area contributed by atoms with Crippen molar-refractivity contribution in [3.05, 3.63) is 70.5 Å². The van der Waals surface area contributed by atoms with Crippen molar-refractivity contribution in [2.24, 2.45) is 0 Å². The summed E-state index contributed by atoms with van der Waals surface area (Å²) in [6.07, 6.45) is 0.965. The Kier molecular flexibility index (Phi) is 2.82. The highest BCUT2D eigenvalue weighted by Crippen LogP contribution is 2.24. The number of fused-ring (bicyclic) bond motifs is 2. The summed E-state index contributed by atoms with van der Waals surface area (Å²) in [5.41, 5.74) is 3.04. The summed E-state index contributed by atoms with van der Waals surface area (Å²) in [5, 5.41) is 5.22. The van der Waals surface area contributed by atoms with Gasteiger partial charge in [-0.2, -0.15) is 4.68 Å². The summed E-state index contributed by atoms with van der Waals surface area (Å²) in [4.78, 5) is 12.6. The fourth-order valence-corrected chi connectivity index (χ4v) is 2.59. The Morgan fingerprint density at radius 3 is 2.64 bits per heavy atom. The minimum atomic E-state index is -0.159. The molecule has 2 aromatic carbocycles. The maximum absolute atomic E-state index is 12.6. The van der Waals surface area contributed by atoms with Crippen LogP contribution in [0.5, 0.6) is 0 Å². The standard InChI is InChI=1S/C18H14N2O2/c1-2-12-7-9-14(10-8-12)20-18(21)15-11-13-5-3-4-6-16(13)22-17(15)19-20/h3-11H,2H2,1H3. The summed E-state index contributed by atoms with van der Waals surface area (Å²) >= 11 is 0. The van der Waals surface area contributed by atoms with Crippen molar-refractivity contribution in [3.8, 4) is 17.1 Å². The molecule has 4 rings (SSSR count). The highest BCUT2D eigenvalue weighted by Gasteiger charge is 2.19. The molecule has 0 aromatic heterocycles. The molecule has 0 amide bonds. The molecule has 4 heteroatoms. The minimum Gasteiger partial charge on any atom is -0.436 e. The zero-order valence-electron chi connectivity index (χ0n) is 12.1. The zero-order chi connectivity index (χ0) is 15.1. The van der Waals surface area contributed by atoms with E-state index >= 15 is 0 Å². The second kappa shape index (κ2) is 4.84. The van der Waals surface area contributed by atoms with Crippen molar-refractivity contribution in [1.29, 1.82) is 0 Å². The lowest BCUT2D eigenvalue weighted by atomic mass is 10.1. The van der Waals surface area contributed by atoms with E-state index in [1.54, 1.807) is 0 Å². The van der Waals surface area contributed by atoms with Crippen molar-refractivity contribution < 1.29 is 4.42 Å². The van der Waals surface area contributed by atoms with Gasteiger partial charge in [-0.1, -0.05) is 37.3 Å². The van der Waals surface area contributed by atoms with Crippen molar-refractivity contribution in [3.63, 3.8) is 0 Å². The van der Waals surface area contributed by atoms with E-state index in [0.717, 1.165) is 23.1 Å². The van der Waals surface area contributed by atoms with Crippen molar-refractivity contribution in [2.45, 2.75) is 13.3 Å². The molecule has 0 spiro atoms. The van der Waals surface area contributed by atoms with Gasteiger partial charge in [0.2, 0.25) is 5.89 Å². The Hall–Kier alpha value is -2.88. The van der Waals surface area contributed by atoms with Crippen LogP contribution in [0.15, 0.2) is 63.8 Å². The molecular formula is C18H14N2O2. The molecule has 2 aliphatic heterocycles. The van der Waals surface area contributed by atoms with Gasteiger partial charge in [-0.25, -0.2) is 0 Å². The Bertz CT molecular complexity index is 980. The van der Waals surface area contributed by atoms with Crippen molar-refractivity contribution in [2.75, 3.05) is 0 Å². The molecule has 2 aromatic rings. The molecule has 0 saturated heterocycles. The van der Waals surface area contributed by atoms with Gasteiger partial charge in [0.25, 0.3) is 5.56 Å². The molecule has 22 heavy (non-hydrogen) atoms. The molecule has 2 heterocycles. The highest BCUT2D eigenvalue weighted by atomic mass is 16.3. The number of nitrogens with zero attached hydrogens (tertiary/aromatic N) is 2. The number of para-hydroxylation sites is 1. The molecule has 0 atom stereocenters. The summed E-state index contributed by atoms with van der Waals surface area (Å²) in [6.45, 7) is 2.10. The van der Waals surface area contributed by atoms with Crippen LogP contribution in [0.25, 0.3) is 28.1 Å². The van der Waals surface area contributed by atoms with Crippen LogP contribution in [0.3, 0.4) is 0 Å². The third-order valence-electron chi connectivity index (χ3n) is 3.86. The van der Waals surface area contributed by atoms with E-state index < -0.39 is 0 Å². The molecule has 0 radical (unpaired) electrons. The second-order valence-electron chi connectivity index (χ2n) is 5.24. The lowest BCUT2D eigenvalue weighted by Gasteiger charge is -2.00. The Balaban J connectivity index is 1.95. The largest absolute Gasteiger partial charge is 0.436 e. The summed E-state index contributed by atoms with van der Waals surface area (Å²) in [5.74, 6) is 0.364. The molecule has 0 bridgehead atoms. The van der Waals surface area contributed by atoms with Crippen LogP contribution >= 0.6 is 0 Å². The van der Waals surface area contributed by atoms with Crippen LogP contribution < -0.4 is 5.56 Å². The van der Waals surface area contributed by atoms with Crippen LogP contribution in [0.4, 0.5) is 0 Å². The summed E-state index contributed by atoms with van der Waals surface area (Å²) < 4.78 is 7.14. The van der Waals surface area contributed by atoms with Gasteiger partial charge in [0.1, 0.15) is 11.1 Å². The lowest BCUT2D eigenvalue weighted by molar-refractivity contribution is 0.591. The van der Waals surface area contributed by atoms with Gasteiger partial charge < -0.3 is 4.42 Å². The maximum atomic E-state index is 12.6. The van der Waals surface area contributed by atoms with Gasteiger partial charge in [0.15, 0.2) is 0 Å². The van der Waals surface area contributed by atoms with E-state index in [2.05, 4.69) is 12.0 Å². The Morgan fingerprint density at radius 1 is 1.09 bits per heavy atom. The Morgan fingerprint density at radius 2 is 1.86 bits per heavy atom. The molecule has 0 aliphatic carbocycles. The number of hydrogen-bond donors (Lipinski definition) is 0. The van der Waals surface area contributed by atoms with Crippen molar-refractivity contribution in [1.82, 2.24) is 9.78 Å². The van der Waals surface area contributed by atoms with Crippen LogP contribution in [0.1, 0.15) is 12.5 Å². The number of hydrogen-bond acceptors (Lipinski definition) is 3. The lowest BCUT2D eigenvalue weighted by Crippen LogP contribution is -2.14. The van der Waals surface area contributed by atoms with E-state index in [-0.39, 0.29) is 5.56 Å². The average molecular weight is 290 g/mol. The normalized spacial score (nSPS) is 11.3. The molecule has 0 N–H and O–H groups in total. The van der Waals surface area contributed by atoms with E-state index in [1.807, 2.05) is 54.6 Å². The van der Waals surface area contributed by atoms with Crippen LogP contribution in [0, 0.1) is 0 Å². The molecule has 0 fully saturated rings. The Labute approximate surface area is 127 Å². The number of benzene rings is 2. The number of aryl methyl sites for hydroxylation is 1. The highest BCUT2D eigenvalue weighted by molar-refractivity contribution is 5.81. The fraction of sp³-hybridized carbons (Fsp3) is 0.111. The zero-order valence-corrected chi connectivity index (χ0v) is 12.1. The third-order valence-corrected chi connectivity index (χ3v) is 3.86. The van der Waals surface area contributed by atoms with E-state index in [4.69, 9.17) is 4.42 Å². The van der Waals surface area contributed by atoms with E-state index in [1.165, 1.54) is 10.2 Å². The quantitative estimate of drug-likeness (QED) is 0.566. The van der Waals surface area contributed by atoms with Gasteiger partial charge in [0.05, 0.1) is 5.69 Å². The van der Waals surface area contributed by atoms with Gasteiger partial charge in [-0.3, -0.25) is 4.79 Å². The van der Waals surface area contributed by atoms with E-state index in [9.17, 15) is 4.79 Å². The van der Waals surface area contributed by atoms with Gasteiger partial charge >= 0.3 is 0 Å². The number of rotatable bonds is 2. The first-order valence-electron chi connectivity index (χ1n) is 7.27. The molecule has 0 unspecified atom stereocenters. The smallest absolute Gasteiger partial charge is 0.284 e. The van der Waals surface area contributed by atoms with Crippen molar-refractivity contribution >= 4 is 11.0 Å². The summed E-state index contributed by atoms with van der Waals surface area (Å²) in [6, 6.07) is 17.3. The monoisotopic (exact) mass is 290 g/mol. The van der Waals surface area contributed by atoms with E-state index in [0.29, 0.717) is 11.5 Å². The second-order valence-corrected chi connectivity index (χ2v) is 5.24. The number of aromatic nitrogens is 2. The molecule has 2 aliphatic rings. The van der Waals surface area contributed by atoms with Gasteiger partial charge in [-0.05, 0) is 36.2 Å². The first-order chi connectivity index (χ1) is 10.8. The van der Waals surface area contributed by atoms with Crippen LogP contribution in [-0.2, 0) is 6.42 Å². The van der Waals surface area contributed by atoms with Gasteiger partial charge in [-0.15, -0.1) is 5.10 Å². The minimum absolute atomic E-state index is 0.159. The fourth-order valence-electron chi connectivity index (χ4n) is 2.59. The van der Waals surface area contributed by atoms with Crippen LogP contribution in [-0.4, -0.2) is 9.78 Å². The molecular weight excluding hydrogens is 276 g/mol. The summed E-state index contributed by atoms with van der Waals surface area (Å²) in [7, 11) is 0. The van der Waals surface area contributed by atoms with Gasteiger partial charge in [0, 0.05) is 5.39 Å². The first-order valence-corrected chi connectivity index (χ1v) is 7.27. The predicted octanol–water partition coefficient (Wildman–Crippen LogP) is 3.65.